The molecule has 2 nitrogen and oxygen atoms in total. The summed E-state index contributed by atoms with van der Waals surface area (Å²) in [6.45, 7) is 14.2. The monoisotopic (exact) mass is 276 g/mol. The van der Waals surface area contributed by atoms with Crippen LogP contribution >= 0.6 is 0 Å². The highest BCUT2D eigenvalue weighted by Crippen LogP contribution is 2.43. The molecule has 0 amide bonds. The van der Waals surface area contributed by atoms with E-state index >= 15 is 0 Å². The van der Waals surface area contributed by atoms with E-state index in [4.69, 9.17) is 0 Å². The molecule has 1 heterocycles. The van der Waals surface area contributed by atoms with E-state index in [1.54, 1.807) is 0 Å². The summed E-state index contributed by atoms with van der Waals surface area (Å²) in [6, 6.07) is 3.11. The van der Waals surface area contributed by atoms with Crippen molar-refractivity contribution in [3.05, 3.63) is 0 Å². The SMILES string of the molecule is CC1(C)CCN(C2CC(C(C)(C)C)CCC2C#N)CC1. The van der Waals surface area contributed by atoms with Crippen molar-refractivity contribution in [3.8, 4) is 6.07 Å². The molecule has 1 aliphatic carbocycles. The molecule has 3 unspecified atom stereocenters. The Morgan fingerprint density at radius 1 is 1.10 bits per heavy atom. The molecular weight excluding hydrogens is 244 g/mol. The first-order valence-electron chi connectivity index (χ1n) is 8.37. The number of likely N-dealkylation sites (tertiary alicyclic amines) is 1. The van der Waals surface area contributed by atoms with Crippen LogP contribution in [-0.2, 0) is 0 Å². The zero-order valence-electron chi connectivity index (χ0n) is 14.1. The fourth-order valence-corrected chi connectivity index (χ4v) is 3.95. The van der Waals surface area contributed by atoms with Gasteiger partial charge in [-0.05, 0) is 61.9 Å². The third kappa shape index (κ3) is 3.55. The van der Waals surface area contributed by atoms with Crippen LogP contribution in [0.2, 0.25) is 0 Å². The molecule has 2 fully saturated rings. The third-order valence-corrected chi connectivity index (χ3v) is 5.83. The van der Waals surface area contributed by atoms with E-state index in [1.807, 2.05) is 0 Å². The topological polar surface area (TPSA) is 27.0 Å². The summed E-state index contributed by atoms with van der Waals surface area (Å²) < 4.78 is 0. The molecule has 3 atom stereocenters. The lowest BCUT2D eigenvalue weighted by Gasteiger charge is -2.47. The average Bonchev–Trinajstić information content (AvgIpc) is 2.37. The van der Waals surface area contributed by atoms with Gasteiger partial charge in [0.2, 0.25) is 0 Å². The molecule has 0 bridgehead atoms. The quantitative estimate of drug-likeness (QED) is 0.707. The minimum atomic E-state index is 0.259. The lowest BCUT2D eigenvalue weighted by atomic mass is 9.67. The van der Waals surface area contributed by atoms with Gasteiger partial charge in [0.05, 0.1) is 12.0 Å². The van der Waals surface area contributed by atoms with Crippen LogP contribution in [0.1, 0.15) is 66.7 Å². The normalized spacial score (nSPS) is 35.5. The molecule has 114 valence electrons. The van der Waals surface area contributed by atoms with Gasteiger partial charge in [0.25, 0.3) is 0 Å². The first-order chi connectivity index (χ1) is 9.23. The van der Waals surface area contributed by atoms with Gasteiger partial charge >= 0.3 is 0 Å². The molecule has 1 aliphatic heterocycles. The highest BCUT2D eigenvalue weighted by atomic mass is 15.2. The first kappa shape index (κ1) is 15.8. The van der Waals surface area contributed by atoms with E-state index in [9.17, 15) is 5.26 Å². The van der Waals surface area contributed by atoms with Crippen LogP contribution in [0.4, 0.5) is 0 Å². The Labute approximate surface area is 125 Å². The molecule has 2 rings (SSSR count). The Kier molecular flexibility index (Phi) is 4.50. The van der Waals surface area contributed by atoms with Crippen molar-refractivity contribution >= 4 is 0 Å². The predicted molar refractivity (Wildman–Crippen MR) is 84.3 cm³/mol. The lowest BCUT2D eigenvalue weighted by Crippen LogP contribution is -2.50. The highest BCUT2D eigenvalue weighted by Gasteiger charge is 2.40. The Morgan fingerprint density at radius 2 is 1.70 bits per heavy atom. The van der Waals surface area contributed by atoms with Crippen molar-refractivity contribution in [2.24, 2.45) is 22.7 Å². The highest BCUT2D eigenvalue weighted by molar-refractivity contribution is 5.00. The van der Waals surface area contributed by atoms with E-state index in [-0.39, 0.29) is 5.92 Å². The Bertz CT molecular complexity index is 362. The molecule has 1 saturated heterocycles. The standard InChI is InChI=1S/C18H32N2/c1-17(2,3)15-7-6-14(13-19)16(12-15)20-10-8-18(4,5)9-11-20/h14-16H,6-12H2,1-5H3. The zero-order valence-corrected chi connectivity index (χ0v) is 14.1. The molecular formula is C18H32N2. The summed E-state index contributed by atoms with van der Waals surface area (Å²) in [4.78, 5) is 2.64. The molecule has 0 radical (unpaired) electrons. The average molecular weight is 276 g/mol. The van der Waals surface area contributed by atoms with Crippen LogP contribution in [0.5, 0.6) is 0 Å². The van der Waals surface area contributed by atoms with Crippen molar-refractivity contribution in [2.75, 3.05) is 13.1 Å². The van der Waals surface area contributed by atoms with Crippen molar-refractivity contribution < 1.29 is 0 Å². The van der Waals surface area contributed by atoms with E-state index in [2.05, 4.69) is 45.6 Å². The smallest absolute Gasteiger partial charge is 0.0672 e. The van der Waals surface area contributed by atoms with Crippen LogP contribution < -0.4 is 0 Å². The van der Waals surface area contributed by atoms with Crippen molar-refractivity contribution in [3.63, 3.8) is 0 Å². The molecule has 0 N–H and O–H groups in total. The maximum atomic E-state index is 9.51. The van der Waals surface area contributed by atoms with E-state index < -0.39 is 0 Å². The predicted octanol–water partition coefficient (Wildman–Crippen LogP) is 4.46. The number of nitrogens with zero attached hydrogens (tertiary/aromatic N) is 2. The van der Waals surface area contributed by atoms with Gasteiger partial charge in [0.15, 0.2) is 0 Å². The van der Waals surface area contributed by atoms with Crippen molar-refractivity contribution in [1.82, 2.24) is 4.90 Å². The molecule has 0 aromatic rings. The Balaban J connectivity index is 2.05. The third-order valence-electron chi connectivity index (χ3n) is 5.83. The summed E-state index contributed by atoms with van der Waals surface area (Å²) in [6.07, 6.45) is 6.12. The molecule has 0 aromatic carbocycles. The maximum absolute atomic E-state index is 9.51. The summed E-state index contributed by atoms with van der Waals surface area (Å²) in [7, 11) is 0. The maximum Gasteiger partial charge on any atom is 0.0672 e. The molecule has 0 aromatic heterocycles. The van der Waals surface area contributed by atoms with E-state index in [1.165, 1.54) is 38.8 Å². The summed E-state index contributed by atoms with van der Waals surface area (Å²) in [5.41, 5.74) is 0.879. The number of rotatable bonds is 1. The summed E-state index contributed by atoms with van der Waals surface area (Å²) >= 11 is 0. The van der Waals surface area contributed by atoms with Crippen molar-refractivity contribution in [2.45, 2.75) is 72.8 Å². The first-order valence-corrected chi connectivity index (χ1v) is 8.37. The number of hydrogen-bond acceptors (Lipinski definition) is 2. The van der Waals surface area contributed by atoms with Crippen LogP contribution in [0.3, 0.4) is 0 Å². The van der Waals surface area contributed by atoms with Gasteiger partial charge in [-0.3, -0.25) is 4.90 Å². The minimum Gasteiger partial charge on any atom is -0.299 e. The van der Waals surface area contributed by atoms with Gasteiger partial charge in [0.1, 0.15) is 0 Å². The van der Waals surface area contributed by atoms with Gasteiger partial charge in [-0.1, -0.05) is 34.6 Å². The fraction of sp³-hybridized carbons (Fsp3) is 0.944. The lowest BCUT2D eigenvalue weighted by molar-refractivity contribution is 0.0249. The number of hydrogen-bond donors (Lipinski definition) is 0. The second kappa shape index (κ2) is 5.68. The summed E-state index contributed by atoms with van der Waals surface area (Å²) in [5.74, 6) is 1.03. The van der Waals surface area contributed by atoms with Crippen LogP contribution in [0.25, 0.3) is 0 Å². The second-order valence-electron chi connectivity index (χ2n) is 8.88. The van der Waals surface area contributed by atoms with Gasteiger partial charge in [-0.15, -0.1) is 0 Å². The summed E-state index contributed by atoms with van der Waals surface area (Å²) in [5, 5.41) is 9.51. The van der Waals surface area contributed by atoms with E-state index in [0.29, 0.717) is 16.9 Å². The number of nitriles is 1. The van der Waals surface area contributed by atoms with Crippen LogP contribution in [-0.4, -0.2) is 24.0 Å². The van der Waals surface area contributed by atoms with Gasteiger partial charge in [-0.2, -0.15) is 5.26 Å². The fourth-order valence-electron chi connectivity index (χ4n) is 3.95. The molecule has 1 saturated carbocycles. The molecule has 2 aliphatic rings. The molecule has 0 spiro atoms. The Hall–Kier alpha value is -0.550. The van der Waals surface area contributed by atoms with Gasteiger partial charge in [-0.25, -0.2) is 0 Å². The van der Waals surface area contributed by atoms with Crippen LogP contribution in [0.15, 0.2) is 0 Å². The van der Waals surface area contributed by atoms with Crippen molar-refractivity contribution in [1.29, 1.82) is 5.26 Å². The van der Waals surface area contributed by atoms with Crippen LogP contribution in [0, 0.1) is 34.0 Å². The number of piperidine rings is 1. The Morgan fingerprint density at radius 3 is 2.20 bits per heavy atom. The second-order valence-corrected chi connectivity index (χ2v) is 8.88. The van der Waals surface area contributed by atoms with E-state index in [0.717, 1.165) is 12.3 Å². The zero-order chi connectivity index (χ0) is 15.0. The van der Waals surface area contributed by atoms with Gasteiger partial charge < -0.3 is 0 Å². The molecule has 20 heavy (non-hydrogen) atoms. The van der Waals surface area contributed by atoms with Gasteiger partial charge in [0, 0.05) is 6.04 Å². The minimum absolute atomic E-state index is 0.259. The molecule has 2 heteroatoms. The largest absolute Gasteiger partial charge is 0.299 e.